The van der Waals surface area contributed by atoms with Crippen molar-refractivity contribution in [3.05, 3.63) is 48.0 Å². The van der Waals surface area contributed by atoms with E-state index in [9.17, 15) is 8.42 Å². The number of anilines is 1. The van der Waals surface area contributed by atoms with Gasteiger partial charge in [0.25, 0.3) is 0 Å². The molecule has 0 fully saturated rings. The molecule has 0 aliphatic heterocycles. The van der Waals surface area contributed by atoms with Crippen LogP contribution in [0.25, 0.3) is 0 Å². The fourth-order valence-electron chi connectivity index (χ4n) is 2.65. The van der Waals surface area contributed by atoms with Crippen LogP contribution in [0.1, 0.15) is 65.9 Å². The van der Waals surface area contributed by atoms with Crippen LogP contribution in [-0.4, -0.2) is 27.0 Å². The van der Waals surface area contributed by atoms with Crippen molar-refractivity contribution in [2.75, 3.05) is 11.9 Å². The molecule has 0 aliphatic rings. The van der Waals surface area contributed by atoms with Gasteiger partial charge in [-0.3, -0.25) is 0 Å². The van der Waals surface area contributed by atoms with E-state index >= 15 is 0 Å². The van der Waals surface area contributed by atoms with Gasteiger partial charge in [-0.05, 0) is 62.9 Å². The largest absolute Gasteiger partial charge is 0.454 e. The van der Waals surface area contributed by atoms with Crippen molar-refractivity contribution in [2.45, 2.75) is 83.8 Å². The Morgan fingerprint density at radius 1 is 1.03 bits per heavy atom. The van der Waals surface area contributed by atoms with Gasteiger partial charge in [-0.25, -0.2) is 13.6 Å². The average molecular weight is 479 g/mol. The molecule has 0 bridgehead atoms. The third kappa shape index (κ3) is 11.0. The summed E-state index contributed by atoms with van der Waals surface area (Å²) in [4.78, 5) is -0.0150. The van der Waals surface area contributed by atoms with Crippen molar-refractivity contribution in [3.63, 3.8) is 0 Å². The lowest BCUT2D eigenvalue weighted by atomic mass is 10.1. The van der Waals surface area contributed by atoms with E-state index in [1.807, 2.05) is 31.2 Å². The Bertz CT molecular complexity index is 919. The lowest BCUT2D eigenvalue weighted by molar-refractivity contribution is 0.468. The molecule has 6 N–H and O–H groups in total. The Labute approximate surface area is 200 Å². The van der Waals surface area contributed by atoms with Crippen molar-refractivity contribution in [1.29, 1.82) is 0 Å². The zero-order valence-electron chi connectivity index (χ0n) is 20.7. The van der Waals surface area contributed by atoms with Crippen LogP contribution >= 0.6 is 0 Å². The third-order valence-corrected chi connectivity index (χ3v) is 6.06. The maximum absolute atomic E-state index is 12.3. The van der Waals surface area contributed by atoms with Crippen molar-refractivity contribution in [2.24, 2.45) is 10.9 Å². The Balaban J connectivity index is 0.000000981. The number of rotatable bonds is 12. The van der Waals surface area contributed by atoms with E-state index in [-0.39, 0.29) is 10.6 Å². The summed E-state index contributed by atoms with van der Waals surface area (Å²) < 4.78 is 30.6. The van der Waals surface area contributed by atoms with E-state index in [4.69, 9.17) is 15.6 Å². The van der Waals surface area contributed by atoms with Crippen LogP contribution in [0.5, 0.6) is 11.5 Å². The summed E-state index contributed by atoms with van der Waals surface area (Å²) in [6.45, 7) is 11.6. The molecule has 2 atom stereocenters. The topological polar surface area (TPSA) is 119 Å². The van der Waals surface area contributed by atoms with E-state index in [2.05, 4.69) is 38.3 Å². The molecule has 0 aromatic heterocycles. The van der Waals surface area contributed by atoms with Crippen LogP contribution in [-0.2, 0) is 16.6 Å². The Morgan fingerprint density at radius 3 is 2.18 bits per heavy atom. The SMILES string of the molecule is CCC(C)N.CCCCNc1cc(CNC(C)CC)cc(S(N)(=O)=O)c1Oc1ccccc1. The summed E-state index contributed by atoms with van der Waals surface area (Å²) in [5, 5.41) is 12.2. The number of hydrogen-bond acceptors (Lipinski definition) is 6. The molecule has 0 amide bonds. The first-order valence-corrected chi connectivity index (χ1v) is 13.3. The standard InChI is InChI=1S/C21H31N3O3S.C4H11N/c1-4-6-12-23-19-13-17(15-24-16(3)5-2)14-20(28(22,25)26)21(19)27-18-10-8-7-9-11-18;1-3-4(2)5/h7-11,13-14,16,23-24H,4-6,12,15H2,1-3H3,(H2,22,25,26);4H,3,5H2,1-2H3. The highest BCUT2D eigenvalue weighted by Crippen LogP contribution is 2.37. The number of sulfonamides is 1. The molecular weight excluding hydrogens is 436 g/mol. The summed E-state index contributed by atoms with van der Waals surface area (Å²) in [6, 6.07) is 13.3. The summed E-state index contributed by atoms with van der Waals surface area (Å²) >= 11 is 0. The van der Waals surface area contributed by atoms with Gasteiger partial charge in [0.2, 0.25) is 10.0 Å². The van der Waals surface area contributed by atoms with Crippen LogP contribution in [0.3, 0.4) is 0 Å². The molecule has 0 spiro atoms. The highest BCUT2D eigenvalue weighted by molar-refractivity contribution is 7.89. The molecule has 8 heteroatoms. The van der Waals surface area contributed by atoms with Gasteiger partial charge in [-0.1, -0.05) is 45.4 Å². The number of primary sulfonamides is 1. The molecule has 2 aromatic rings. The van der Waals surface area contributed by atoms with Crippen LogP contribution in [0.2, 0.25) is 0 Å². The zero-order chi connectivity index (χ0) is 24.9. The van der Waals surface area contributed by atoms with Crippen LogP contribution in [0.15, 0.2) is 47.4 Å². The molecule has 7 nitrogen and oxygen atoms in total. The lowest BCUT2D eigenvalue weighted by Gasteiger charge is -2.19. The molecule has 2 aromatic carbocycles. The van der Waals surface area contributed by atoms with Crippen molar-refractivity contribution in [3.8, 4) is 11.5 Å². The van der Waals surface area contributed by atoms with Gasteiger partial charge in [0.15, 0.2) is 5.75 Å². The predicted molar refractivity (Wildman–Crippen MR) is 138 cm³/mol. The predicted octanol–water partition coefficient (Wildman–Crippen LogP) is 4.97. The molecule has 0 saturated carbocycles. The third-order valence-electron chi connectivity index (χ3n) is 5.14. The van der Waals surface area contributed by atoms with Gasteiger partial charge in [0.1, 0.15) is 10.6 Å². The number of unbranched alkanes of at least 4 members (excludes halogenated alkanes) is 1. The van der Waals surface area contributed by atoms with Crippen LogP contribution in [0, 0.1) is 0 Å². The van der Waals surface area contributed by atoms with Gasteiger partial charge in [-0.2, -0.15) is 0 Å². The first-order valence-electron chi connectivity index (χ1n) is 11.8. The number of ether oxygens (including phenoxy) is 1. The summed E-state index contributed by atoms with van der Waals surface area (Å²) in [6.07, 6.45) is 4.06. The van der Waals surface area contributed by atoms with E-state index < -0.39 is 10.0 Å². The molecule has 0 aliphatic carbocycles. The fraction of sp³-hybridized carbons (Fsp3) is 0.520. The van der Waals surface area contributed by atoms with Gasteiger partial charge < -0.3 is 21.1 Å². The molecule has 2 unspecified atom stereocenters. The second-order valence-corrected chi connectivity index (χ2v) is 9.82. The van der Waals surface area contributed by atoms with Crippen LogP contribution in [0.4, 0.5) is 5.69 Å². The number of benzene rings is 2. The van der Waals surface area contributed by atoms with E-state index in [1.54, 1.807) is 18.2 Å². The Hall–Kier alpha value is -2.13. The smallest absolute Gasteiger partial charge is 0.241 e. The molecule has 2 rings (SSSR count). The lowest BCUT2D eigenvalue weighted by Crippen LogP contribution is -2.25. The second kappa shape index (κ2) is 14.9. The average Bonchev–Trinajstić information content (AvgIpc) is 2.79. The number of nitrogens with two attached hydrogens (primary N) is 2. The van der Waals surface area contributed by atoms with Gasteiger partial charge in [-0.15, -0.1) is 0 Å². The van der Waals surface area contributed by atoms with E-state index in [0.29, 0.717) is 36.6 Å². The molecular formula is C25H42N4O3S. The first kappa shape index (κ1) is 28.9. The van der Waals surface area contributed by atoms with E-state index in [0.717, 1.165) is 31.2 Å². The summed E-state index contributed by atoms with van der Waals surface area (Å²) in [5.41, 5.74) is 6.76. The second-order valence-electron chi connectivity index (χ2n) is 8.29. The maximum Gasteiger partial charge on any atom is 0.241 e. The fourth-order valence-corrected chi connectivity index (χ4v) is 3.38. The number of hydrogen-bond donors (Lipinski definition) is 4. The van der Waals surface area contributed by atoms with Crippen molar-refractivity contribution < 1.29 is 13.2 Å². The molecule has 0 heterocycles. The zero-order valence-corrected chi connectivity index (χ0v) is 21.5. The molecule has 0 saturated heterocycles. The van der Waals surface area contributed by atoms with Gasteiger partial charge in [0.05, 0.1) is 5.69 Å². The number of nitrogens with one attached hydrogen (secondary N) is 2. The molecule has 186 valence electrons. The minimum absolute atomic E-state index is 0.0150. The monoisotopic (exact) mass is 478 g/mol. The molecule has 33 heavy (non-hydrogen) atoms. The summed E-state index contributed by atoms with van der Waals surface area (Å²) in [7, 11) is -3.97. The van der Waals surface area contributed by atoms with Crippen molar-refractivity contribution >= 4 is 15.7 Å². The Kier molecular flexibility index (Phi) is 13.1. The Morgan fingerprint density at radius 2 is 1.67 bits per heavy atom. The van der Waals surface area contributed by atoms with Crippen molar-refractivity contribution in [1.82, 2.24) is 5.32 Å². The normalized spacial score (nSPS) is 12.9. The van der Waals surface area contributed by atoms with Crippen LogP contribution < -0.4 is 26.2 Å². The maximum atomic E-state index is 12.3. The minimum atomic E-state index is -3.97. The van der Waals surface area contributed by atoms with Gasteiger partial charge in [0, 0.05) is 25.2 Å². The minimum Gasteiger partial charge on any atom is -0.454 e. The molecule has 0 radical (unpaired) electrons. The number of para-hydroxylation sites is 1. The quantitative estimate of drug-likeness (QED) is 0.320. The highest BCUT2D eigenvalue weighted by Gasteiger charge is 2.21. The summed E-state index contributed by atoms with van der Waals surface area (Å²) in [5.74, 6) is 0.786. The first-order chi connectivity index (χ1) is 15.6. The van der Waals surface area contributed by atoms with E-state index in [1.165, 1.54) is 0 Å². The van der Waals surface area contributed by atoms with Gasteiger partial charge >= 0.3 is 0 Å². The highest BCUT2D eigenvalue weighted by atomic mass is 32.2.